The number of Topliss-reactive ketones (excluding diaryl/α,β-unsaturated/α-hetero) is 1. The highest BCUT2D eigenvalue weighted by Crippen LogP contribution is 2.35. The molecule has 1 unspecified atom stereocenters. The molecule has 2 rings (SSSR count). The lowest BCUT2D eigenvalue weighted by Gasteiger charge is -2.35. The summed E-state index contributed by atoms with van der Waals surface area (Å²) in [5, 5.41) is 13.8. The molecule has 196 valence electrons. The van der Waals surface area contributed by atoms with E-state index >= 15 is 0 Å². The number of alkyl halides is 1. The number of thiazole rings is 1. The molecule has 0 aliphatic carbocycles. The number of hydrogen-bond donors (Lipinski definition) is 1. The van der Waals surface area contributed by atoms with Crippen molar-refractivity contribution in [2.24, 2.45) is 23.2 Å². The molecule has 6 atom stereocenters. The van der Waals surface area contributed by atoms with Crippen LogP contribution in [-0.2, 0) is 14.3 Å². The molecule has 1 aliphatic rings. The summed E-state index contributed by atoms with van der Waals surface area (Å²) in [4.78, 5) is 30.6. The van der Waals surface area contributed by atoms with E-state index in [4.69, 9.17) is 4.74 Å². The predicted molar refractivity (Wildman–Crippen MR) is 140 cm³/mol. The molecular weight excluding hydrogens is 465 g/mol. The predicted octanol–water partition coefficient (Wildman–Crippen LogP) is 6.49. The van der Waals surface area contributed by atoms with Crippen LogP contribution in [0, 0.1) is 30.1 Å². The van der Waals surface area contributed by atoms with Crippen LogP contribution < -0.4 is 0 Å². The van der Waals surface area contributed by atoms with E-state index < -0.39 is 29.8 Å². The Morgan fingerprint density at radius 3 is 2.49 bits per heavy atom. The van der Waals surface area contributed by atoms with Crippen molar-refractivity contribution in [3.05, 3.63) is 33.3 Å². The fraction of sp³-hybridized carbons (Fsp3) is 0.679. The van der Waals surface area contributed by atoms with Crippen LogP contribution >= 0.6 is 11.3 Å². The standard InChI is InChI=1S/C28H42FNO4S/c1-16-9-11-23(29)17(2)10-12-24(18(3)13-22-15-35-21(6)30-22)34-26(32)14-25(31)28(7,8)27(33)20(5)19(16)4/h10,13,15-16,19-20,23-25,31H,9,11-12,14H2,1-8H3/b17-10-,18-13+/t16-,19-,20+,23?,24-,25-/m0/s1. The van der Waals surface area contributed by atoms with E-state index in [1.807, 2.05) is 39.2 Å². The van der Waals surface area contributed by atoms with Gasteiger partial charge in [-0.2, -0.15) is 0 Å². The number of aromatic nitrogens is 1. The molecule has 0 bridgehead atoms. The van der Waals surface area contributed by atoms with Gasteiger partial charge in [0.25, 0.3) is 0 Å². The van der Waals surface area contributed by atoms with Gasteiger partial charge in [-0.25, -0.2) is 9.37 Å². The zero-order valence-electron chi connectivity index (χ0n) is 22.4. The van der Waals surface area contributed by atoms with Crippen LogP contribution in [0.15, 0.2) is 22.6 Å². The summed E-state index contributed by atoms with van der Waals surface area (Å²) in [6.45, 7) is 14.8. The maximum absolute atomic E-state index is 15.0. The highest BCUT2D eigenvalue weighted by molar-refractivity contribution is 7.09. The van der Waals surface area contributed by atoms with Crippen molar-refractivity contribution in [1.29, 1.82) is 0 Å². The number of carbonyl (C=O) groups excluding carboxylic acids is 2. The van der Waals surface area contributed by atoms with Gasteiger partial charge >= 0.3 is 5.97 Å². The lowest BCUT2D eigenvalue weighted by atomic mass is 9.70. The van der Waals surface area contributed by atoms with Crippen LogP contribution in [-0.4, -0.2) is 40.2 Å². The third kappa shape index (κ3) is 7.81. The number of halogens is 1. The quantitative estimate of drug-likeness (QED) is 0.366. The Morgan fingerprint density at radius 1 is 1.23 bits per heavy atom. The van der Waals surface area contributed by atoms with Gasteiger partial charge < -0.3 is 9.84 Å². The molecule has 1 N–H and O–H groups in total. The van der Waals surface area contributed by atoms with Gasteiger partial charge in [0.1, 0.15) is 18.1 Å². The van der Waals surface area contributed by atoms with Gasteiger partial charge in [-0.1, -0.05) is 40.7 Å². The number of hydrogen-bond acceptors (Lipinski definition) is 6. The number of esters is 1. The molecule has 1 aromatic heterocycles. The van der Waals surface area contributed by atoms with Crippen molar-refractivity contribution in [2.45, 2.75) is 99.5 Å². The maximum atomic E-state index is 15.0. The highest BCUT2D eigenvalue weighted by Gasteiger charge is 2.41. The number of ketones is 1. The zero-order chi connectivity index (χ0) is 26.5. The van der Waals surface area contributed by atoms with Gasteiger partial charge in [0.05, 0.1) is 28.6 Å². The number of carbonyl (C=O) groups is 2. The van der Waals surface area contributed by atoms with E-state index in [9.17, 15) is 19.1 Å². The first-order valence-corrected chi connectivity index (χ1v) is 13.4. The summed E-state index contributed by atoms with van der Waals surface area (Å²) < 4.78 is 20.8. The average molecular weight is 508 g/mol. The number of ether oxygens (including phenoxy) is 1. The van der Waals surface area contributed by atoms with Gasteiger partial charge in [-0.3, -0.25) is 9.59 Å². The van der Waals surface area contributed by atoms with E-state index in [1.54, 1.807) is 26.8 Å². The first-order valence-electron chi connectivity index (χ1n) is 12.6. The number of rotatable bonds is 2. The molecule has 0 saturated heterocycles. The molecule has 0 amide bonds. The van der Waals surface area contributed by atoms with Crippen LogP contribution in [0.1, 0.15) is 84.9 Å². The van der Waals surface area contributed by atoms with E-state index in [0.717, 1.165) is 16.3 Å². The van der Waals surface area contributed by atoms with Crippen molar-refractivity contribution in [3.63, 3.8) is 0 Å². The molecule has 0 spiro atoms. The molecule has 0 radical (unpaired) electrons. The second-order valence-corrected chi connectivity index (χ2v) is 11.9. The molecular formula is C28H42FNO4S. The number of aliphatic hydroxyl groups is 1. The number of nitrogens with zero attached hydrogens (tertiary/aromatic N) is 1. The monoisotopic (exact) mass is 507 g/mol. The lowest BCUT2D eigenvalue weighted by Crippen LogP contribution is -2.44. The lowest BCUT2D eigenvalue weighted by molar-refractivity contribution is -0.153. The minimum atomic E-state index is -1.17. The normalized spacial score (nSPS) is 33.7. The summed E-state index contributed by atoms with van der Waals surface area (Å²) in [5.74, 6) is -0.840. The Morgan fingerprint density at radius 2 is 1.89 bits per heavy atom. The van der Waals surface area contributed by atoms with Gasteiger partial charge in [0, 0.05) is 17.7 Å². The molecule has 0 saturated carbocycles. The first kappa shape index (κ1) is 29.4. The molecule has 0 fully saturated rings. The smallest absolute Gasteiger partial charge is 0.309 e. The topological polar surface area (TPSA) is 76.5 Å². The minimum absolute atomic E-state index is 0.0248. The van der Waals surface area contributed by atoms with Gasteiger partial charge in [0.15, 0.2) is 0 Å². The maximum Gasteiger partial charge on any atom is 0.309 e. The summed E-state index contributed by atoms with van der Waals surface area (Å²) >= 11 is 1.53. The van der Waals surface area contributed by atoms with E-state index in [1.165, 1.54) is 11.3 Å². The SMILES string of the molecule is C/C1=C/C[C@@H](/C(C)=C/c2csc(C)n2)OC(=O)C[C@H](O)C(C)(C)C(=O)[C@H](C)[C@@H](C)[C@@H](C)CCC1F. The Labute approximate surface area is 213 Å². The molecule has 1 aliphatic heterocycles. The van der Waals surface area contributed by atoms with Crippen molar-refractivity contribution in [1.82, 2.24) is 4.98 Å². The molecule has 1 aromatic rings. The van der Waals surface area contributed by atoms with E-state index in [2.05, 4.69) is 11.9 Å². The minimum Gasteiger partial charge on any atom is -0.457 e. The van der Waals surface area contributed by atoms with E-state index in [-0.39, 0.29) is 30.0 Å². The van der Waals surface area contributed by atoms with Crippen LogP contribution in [0.5, 0.6) is 0 Å². The van der Waals surface area contributed by atoms with Crippen molar-refractivity contribution in [3.8, 4) is 0 Å². The van der Waals surface area contributed by atoms with Crippen molar-refractivity contribution in [2.75, 3.05) is 0 Å². The molecule has 7 heteroatoms. The number of cyclic esters (lactones) is 1. The number of aliphatic hydroxyl groups excluding tert-OH is 1. The summed E-state index contributed by atoms with van der Waals surface area (Å²) in [5.41, 5.74) is 1.06. The average Bonchev–Trinajstić information content (AvgIpc) is 3.21. The fourth-order valence-corrected chi connectivity index (χ4v) is 5.09. The summed E-state index contributed by atoms with van der Waals surface area (Å²) in [7, 11) is 0. The Kier molecular flexibility index (Phi) is 10.4. The van der Waals surface area contributed by atoms with E-state index in [0.29, 0.717) is 24.8 Å². The summed E-state index contributed by atoms with van der Waals surface area (Å²) in [6.07, 6.45) is 1.86. The van der Waals surface area contributed by atoms with Gasteiger partial charge in [0.2, 0.25) is 0 Å². The molecule has 2 heterocycles. The van der Waals surface area contributed by atoms with Crippen LogP contribution in [0.2, 0.25) is 0 Å². The largest absolute Gasteiger partial charge is 0.457 e. The van der Waals surface area contributed by atoms with Crippen LogP contribution in [0.3, 0.4) is 0 Å². The van der Waals surface area contributed by atoms with Gasteiger partial charge in [-0.05, 0) is 62.7 Å². The fourth-order valence-electron chi connectivity index (χ4n) is 4.52. The summed E-state index contributed by atoms with van der Waals surface area (Å²) in [6, 6.07) is 0. The Balaban J connectivity index is 2.38. The van der Waals surface area contributed by atoms with Crippen molar-refractivity contribution >= 4 is 29.2 Å². The number of aryl methyl sites for hydroxylation is 1. The third-order valence-electron chi connectivity index (χ3n) is 7.75. The third-order valence-corrected chi connectivity index (χ3v) is 8.54. The van der Waals surface area contributed by atoms with Crippen molar-refractivity contribution < 1.29 is 23.8 Å². The van der Waals surface area contributed by atoms with Crippen LogP contribution in [0.4, 0.5) is 4.39 Å². The molecule has 35 heavy (non-hydrogen) atoms. The van der Waals surface area contributed by atoms with Crippen LogP contribution in [0.25, 0.3) is 6.08 Å². The second kappa shape index (κ2) is 12.4. The van der Waals surface area contributed by atoms with Gasteiger partial charge in [-0.15, -0.1) is 11.3 Å². The number of allylic oxidation sites excluding steroid dienone is 1. The highest BCUT2D eigenvalue weighted by atomic mass is 32.1. The first-order chi connectivity index (χ1) is 16.2. The zero-order valence-corrected chi connectivity index (χ0v) is 23.2. The second-order valence-electron chi connectivity index (χ2n) is 10.8. The Hall–Kier alpha value is -1.86. The molecule has 5 nitrogen and oxygen atoms in total. The Bertz CT molecular complexity index is 951. The molecule has 0 aromatic carbocycles.